The van der Waals surface area contributed by atoms with E-state index in [-0.39, 0.29) is 31.2 Å². The fourth-order valence-corrected chi connectivity index (χ4v) is 3.44. The van der Waals surface area contributed by atoms with E-state index in [2.05, 4.69) is 0 Å². The molecule has 1 unspecified atom stereocenters. The highest BCUT2D eigenvalue weighted by Crippen LogP contribution is 2.33. The van der Waals surface area contributed by atoms with Gasteiger partial charge >= 0.3 is 0 Å². The van der Waals surface area contributed by atoms with Gasteiger partial charge in [0.05, 0.1) is 13.2 Å². The number of aromatic nitrogens is 1. The van der Waals surface area contributed by atoms with E-state index in [1.807, 2.05) is 43.8 Å². The molecule has 8 nitrogen and oxygen atoms in total. The highest BCUT2D eigenvalue weighted by Gasteiger charge is 2.27. The number of hydrogen-bond donors (Lipinski definition) is 0. The maximum atomic E-state index is 13.3. The molecule has 0 saturated heterocycles. The predicted octanol–water partition coefficient (Wildman–Crippen LogP) is 2.67. The van der Waals surface area contributed by atoms with Gasteiger partial charge in [-0.3, -0.25) is 9.59 Å². The summed E-state index contributed by atoms with van der Waals surface area (Å²) in [5.41, 5.74) is 1.49. The number of carbonyl (C=O) groups is 2. The monoisotopic (exact) mass is 429 g/mol. The summed E-state index contributed by atoms with van der Waals surface area (Å²) in [5.74, 6) is 0.849. The second kappa shape index (κ2) is 10.3. The van der Waals surface area contributed by atoms with Crippen LogP contribution >= 0.6 is 0 Å². The Balaban J connectivity index is 1.78. The van der Waals surface area contributed by atoms with Crippen molar-refractivity contribution in [3.8, 4) is 11.5 Å². The Morgan fingerprint density at radius 3 is 2.68 bits per heavy atom. The molecule has 0 radical (unpaired) electrons. The Morgan fingerprint density at radius 1 is 1.23 bits per heavy atom. The number of rotatable bonds is 10. The molecule has 168 valence electrons. The number of aryl methyl sites for hydroxylation is 1. The zero-order valence-corrected chi connectivity index (χ0v) is 18.7. The van der Waals surface area contributed by atoms with Crippen molar-refractivity contribution in [2.45, 2.75) is 32.9 Å². The van der Waals surface area contributed by atoms with Crippen LogP contribution in [-0.4, -0.2) is 65.8 Å². The van der Waals surface area contributed by atoms with Gasteiger partial charge in [-0.05, 0) is 43.7 Å². The summed E-state index contributed by atoms with van der Waals surface area (Å²) in [6.45, 7) is 5.43. The average Bonchev–Trinajstić information content (AvgIpc) is 3.41. The van der Waals surface area contributed by atoms with Crippen molar-refractivity contribution >= 4 is 11.8 Å². The SMILES string of the molecule is CCC(C)N(CC(=O)N(CCOC)Cc1cccn1C)C(=O)c1ccc2c(c1)OCO2. The smallest absolute Gasteiger partial charge is 0.254 e. The summed E-state index contributed by atoms with van der Waals surface area (Å²) < 4.78 is 17.9. The third-order valence-electron chi connectivity index (χ3n) is 5.63. The van der Waals surface area contributed by atoms with Gasteiger partial charge in [-0.25, -0.2) is 0 Å². The van der Waals surface area contributed by atoms with Crippen LogP contribution < -0.4 is 9.47 Å². The zero-order chi connectivity index (χ0) is 22.4. The van der Waals surface area contributed by atoms with Crippen LogP contribution in [0.1, 0.15) is 36.3 Å². The van der Waals surface area contributed by atoms with Gasteiger partial charge in [0.2, 0.25) is 12.7 Å². The lowest BCUT2D eigenvalue weighted by molar-refractivity contribution is -0.133. The molecule has 0 spiro atoms. The number of ether oxygens (including phenoxy) is 3. The van der Waals surface area contributed by atoms with Gasteiger partial charge in [-0.1, -0.05) is 6.92 Å². The molecular weight excluding hydrogens is 398 g/mol. The van der Waals surface area contributed by atoms with Crippen molar-refractivity contribution in [2.24, 2.45) is 7.05 Å². The molecule has 0 saturated carbocycles. The third kappa shape index (κ3) is 5.38. The van der Waals surface area contributed by atoms with E-state index in [9.17, 15) is 9.59 Å². The Kier molecular flexibility index (Phi) is 7.57. The number of hydrogen-bond acceptors (Lipinski definition) is 5. The molecule has 2 aromatic rings. The van der Waals surface area contributed by atoms with Crippen LogP contribution in [0.25, 0.3) is 0 Å². The quantitative estimate of drug-likeness (QED) is 0.581. The first-order chi connectivity index (χ1) is 14.9. The molecule has 0 bridgehead atoms. The van der Waals surface area contributed by atoms with Crippen molar-refractivity contribution < 1.29 is 23.8 Å². The minimum Gasteiger partial charge on any atom is -0.454 e. The number of carbonyl (C=O) groups excluding carboxylic acids is 2. The Hall–Kier alpha value is -3.00. The van der Waals surface area contributed by atoms with Crippen LogP contribution in [0.5, 0.6) is 11.5 Å². The number of nitrogens with zero attached hydrogens (tertiary/aromatic N) is 3. The second-order valence-corrected chi connectivity index (χ2v) is 7.68. The Bertz CT molecular complexity index is 910. The molecule has 0 fully saturated rings. The van der Waals surface area contributed by atoms with Gasteiger partial charge in [-0.2, -0.15) is 0 Å². The van der Waals surface area contributed by atoms with E-state index in [4.69, 9.17) is 14.2 Å². The molecule has 1 aromatic heterocycles. The van der Waals surface area contributed by atoms with E-state index in [0.717, 1.165) is 12.1 Å². The van der Waals surface area contributed by atoms with Crippen LogP contribution in [0, 0.1) is 0 Å². The molecule has 0 aliphatic carbocycles. The predicted molar refractivity (Wildman–Crippen MR) is 116 cm³/mol. The van der Waals surface area contributed by atoms with Crippen molar-refractivity contribution in [3.05, 3.63) is 47.8 Å². The van der Waals surface area contributed by atoms with Gasteiger partial charge in [0.1, 0.15) is 6.54 Å². The summed E-state index contributed by atoms with van der Waals surface area (Å²) in [4.78, 5) is 29.9. The molecule has 8 heteroatoms. The fraction of sp³-hybridized carbons (Fsp3) is 0.478. The van der Waals surface area contributed by atoms with Crippen molar-refractivity contribution in [1.29, 1.82) is 0 Å². The van der Waals surface area contributed by atoms with Crippen LogP contribution in [-0.2, 0) is 23.1 Å². The van der Waals surface area contributed by atoms with Crippen LogP contribution in [0.2, 0.25) is 0 Å². The van der Waals surface area contributed by atoms with E-state index in [1.54, 1.807) is 35.1 Å². The molecular formula is C23H31N3O5. The van der Waals surface area contributed by atoms with Gasteiger partial charge in [0.15, 0.2) is 11.5 Å². The molecule has 1 aromatic carbocycles. The lowest BCUT2D eigenvalue weighted by atomic mass is 10.1. The summed E-state index contributed by atoms with van der Waals surface area (Å²) >= 11 is 0. The maximum Gasteiger partial charge on any atom is 0.254 e. The maximum absolute atomic E-state index is 13.3. The fourth-order valence-electron chi connectivity index (χ4n) is 3.44. The zero-order valence-electron chi connectivity index (χ0n) is 18.7. The topological polar surface area (TPSA) is 73.2 Å². The standard InChI is InChI=1S/C23H31N3O5/c1-5-17(2)26(23(28)18-8-9-20-21(13-18)31-16-30-20)15-22(27)25(11-12-29-4)14-19-7-6-10-24(19)3/h6-10,13,17H,5,11-12,14-16H2,1-4H3. The van der Waals surface area contributed by atoms with Gasteiger partial charge in [0.25, 0.3) is 5.91 Å². The van der Waals surface area contributed by atoms with E-state index < -0.39 is 0 Å². The van der Waals surface area contributed by atoms with Crippen molar-refractivity contribution in [1.82, 2.24) is 14.4 Å². The van der Waals surface area contributed by atoms with E-state index in [1.165, 1.54) is 0 Å². The molecule has 1 aliphatic rings. The normalized spacial score (nSPS) is 13.2. The highest BCUT2D eigenvalue weighted by molar-refractivity contribution is 5.97. The second-order valence-electron chi connectivity index (χ2n) is 7.68. The molecule has 2 amide bonds. The minimum atomic E-state index is -0.202. The summed E-state index contributed by atoms with van der Waals surface area (Å²) in [5, 5.41) is 0. The molecule has 3 rings (SSSR count). The summed E-state index contributed by atoms with van der Waals surface area (Å²) in [6.07, 6.45) is 2.68. The first-order valence-electron chi connectivity index (χ1n) is 10.5. The minimum absolute atomic E-state index is 0.00355. The molecule has 2 heterocycles. The largest absolute Gasteiger partial charge is 0.454 e. The van der Waals surface area contributed by atoms with Crippen LogP contribution in [0.15, 0.2) is 36.5 Å². The Labute approximate surface area is 183 Å². The average molecular weight is 430 g/mol. The molecule has 0 N–H and O–H groups in total. The lowest BCUT2D eigenvalue weighted by Gasteiger charge is -2.31. The number of fused-ring (bicyclic) bond motifs is 1. The molecule has 31 heavy (non-hydrogen) atoms. The van der Waals surface area contributed by atoms with Crippen molar-refractivity contribution in [2.75, 3.05) is 33.6 Å². The lowest BCUT2D eigenvalue weighted by Crippen LogP contribution is -2.47. The van der Waals surface area contributed by atoms with Gasteiger partial charge in [-0.15, -0.1) is 0 Å². The van der Waals surface area contributed by atoms with Crippen LogP contribution in [0.4, 0.5) is 0 Å². The Morgan fingerprint density at radius 2 is 2.00 bits per heavy atom. The van der Waals surface area contributed by atoms with E-state index >= 15 is 0 Å². The first-order valence-corrected chi connectivity index (χ1v) is 10.5. The number of methoxy groups -OCH3 is 1. The van der Waals surface area contributed by atoms with E-state index in [0.29, 0.717) is 36.8 Å². The summed E-state index contributed by atoms with van der Waals surface area (Å²) in [6, 6.07) is 8.95. The number of amides is 2. The van der Waals surface area contributed by atoms with Crippen LogP contribution in [0.3, 0.4) is 0 Å². The molecule has 1 aliphatic heterocycles. The third-order valence-corrected chi connectivity index (χ3v) is 5.63. The van der Waals surface area contributed by atoms with Gasteiger partial charge < -0.3 is 28.6 Å². The summed E-state index contributed by atoms with van der Waals surface area (Å²) in [7, 11) is 3.56. The van der Waals surface area contributed by atoms with Crippen molar-refractivity contribution in [3.63, 3.8) is 0 Å². The number of benzene rings is 1. The van der Waals surface area contributed by atoms with Gasteiger partial charge in [0, 0.05) is 44.2 Å². The highest BCUT2D eigenvalue weighted by atomic mass is 16.7. The first kappa shape index (κ1) is 22.7. The molecule has 1 atom stereocenters.